The Kier molecular flexibility index (Phi) is 4.74. The van der Waals surface area contributed by atoms with Gasteiger partial charge in [-0.1, -0.05) is 17.7 Å². The molecule has 0 heterocycles. The quantitative estimate of drug-likeness (QED) is 0.786. The zero-order valence-electron chi connectivity index (χ0n) is 11.7. The lowest BCUT2D eigenvalue weighted by Crippen LogP contribution is -2.04. The lowest BCUT2D eigenvalue weighted by molar-refractivity contribution is 0.478. The smallest absolute Gasteiger partial charge is 0.141 e. The van der Waals surface area contributed by atoms with Crippen LogP contribution in [-0.2, 0) is 0 Å². The van der Waals surface area contributed by atoms with Crippen LogP contribution in [0.4, 0.5) is 0 Å². The van der Waals surface area contributed by atoms with Crippen molar-refractivity contribution in [3.8, 4) is 11.5 Å². The first-order valence-corrected chi connectivity index (χ1v) is 7.55. The fourth-order valence-electron chi connectivity index (χ4n) is 1.98. The van der Waals surface area contributed by atoms with Gasteiger partial charge in [0.15, 0.2) is 0 Å². The van der Waals surface area contributed by atoms with E-state index in [2.05, 4.69) is 15.9 Å². The summed E-state index contributed by atoms with van der Waals surface area (Å²) in [6.45, 7) is 5.89. The molecule has 2 aromatic rings. The van der Waals surface area contributed by atoms with E-state index >= 15 is 0 Å². The molecular formula is C16H17BrClNO. The van der Waals surface area contributed by atoms with Crippen LogP contribution in [0.5, 0.6) is 11.5 Å². The summed E-state index contributed by atoms with van der Waals surface area (Å²) in [6, 6.07) is 9.74. The molecule has 0 spiro atoms. The van der Waals surface area contributed by atoms with Crippen LogP contribution < -0.4 is 10.5 Å². The van der Waals surface area contributed by atoms with Gasteiger partial charge < -0.3 is 10.5 Å². The van der Waals surface area contributed by atoms with E-state index in [-0.39, 0.29) is 6.04 Å². The minimum atomic E-state index is 0.000343. The summed E-state index contributed by atoms with van der Waals surface area (Å²) in [4.78, 5) is 0. The highest BCUT2D eigenvalue weighted by Crippen LogP contribution is 2.34. The maximum Gasteiger partial charge on any atom is 0.141 e. The number of hydrogen-bond acceptors (Lipinski definition) is 2. The van der Waals surface area contributed by atoms with Crippen LogP contribution in [0.25, 0.3) is 0 Å². The van der Waals surface area contributed by atoms with Gasteiger partial charge in [-0.3, -0.25) is 0 Å². The monoisotopic (exact) mass is 353 g/mol. The Bertz CT molecular complexity index is 617. The third-order valence-corrected chi connectivity index (χ3v) is 4.34. The molecule has 20 heavy (non-hydrogen) atoms. The average Bonchev–Trinajstić information content (AvgIpc) is 2.38. The zero-order chi connectivity index (χ0) is 14.9. The van der Waals surface area contributed by atoms with Crippen molar-refractivity contribution in [1.29, 1.82) is 0 Å². The summed E-state index contributed by atoms with van der Waals surface area (Å²) < 4.78 is 6.80. The molecule has 1 atom stereocenters. The van der Waals surface area contributed by atoms with Crippen molar-refractivity contribution in [3.05, 3.63) is 56.5 Å². The topological polar surface area (TPSA) is 35.2 Å². The Balaban J connectivity index is 2.31. The maximum atomic E-state index is 6.16. The molecule has 0 aliphatic carbocycles. The van der Waals surface area contributed by atoms with Crippen LogP contribution >= 0.6 is 27.5 Å². The summed E-state index contributed by atoms with van der Waals surface area (Å²) in [6.07, 6.45) is 0. The van der Waals surface area contributed by atoms with Gasteiger partial charge in [0.1, 0.15) is 11.5 Å². The lowest BCUT2D eigenvalue weighted by Gasteiger charge is -2.13. The fourth-order valence-corrected chi connectivity index (χ4v) is 2.56. The minimum absolute atomic E-state index is 0.000343. The van der Waals surface area contributed by atoms with Crippen LogP contribution in [0.3, 0.4) is 0 Å². The molecule has 0 amide bonds. The molecule has 0 saturated carbocycles. The van der Waals surface area contributed by atoms with Crippen molar-refractivity contribution in [1.82, 2.24) is 0 Å². The summed E-state index contributed by atoms with van der Waals surface area (Å²) in [5, 5.41) is 0.781. The van der Waals surface area contributed by atoms with Crippen LogP contribution in [0.1, 0.15) is 29.7 Å². The number of benzene rings is 2. The van der Waals surface area contributed by atoms with E-state index in [9.17, 15) is 0 Å². The Morgan fingerprint density at radius 2 is 1.75 bits per heavy atom. The van der Waals surface area contributed by atoms with Gasteiger partial charge in [-0.05, 0) is 77.7 Å². The second-order valence-corrected chi connectivity index (χ2v) is 6.18. The second kappa shape index (κ2) is 6.17. The van der Waals surface area contributed by atoms with E-state index in [1.165, 1.54) is 0 Å². The summed E-state index contributed by atoms with van der Waals surface area (Å²) in [5.74, 6) is 1.54. The van der Waals surface area contributed by atoms with E-state index in [0.717, 1.165) is 37.7 Å². The zero-order valence-corrected chi connectivity index (χ0v) is 14.0. The van der Waals surface area contributed by atoms with Crippen LogP contribution in [0.15, 0.2) is 34.8 Å². The average molecular weight is 355 g/mol. The number of rotatable bonds is 3. The summed E-state index contributed by atoms with van der Waals surface area (Å²) >= 11 is 9.68. The van der Waals surface area contributed by atoms with E-state index in [4.69, 9.17) is 22.1 Å². The fraction of sp³-hybridized carbons (Fsp3) is 0.250. The first kappa shape index (κ1) is 15.4. The number of ether oxygens (including phenoxy) is 1. The molecule has 0 radical (unpaired) electrons. The Morgan fingerprint density at radius 3 is 2.25 bits per heavy atom. The third-order valence-electron chi connectivity index (χ3n) is 3.12. The molecule has 0 saturated heterocycles. The lowest BCUT2D eigenvalue weighted by atomic mass is 10.1. The molecule has 0 bridgehead atoms. The van der Waals surface area contributed by atoms with Crippen molar-refractivity contribution in [3.63, 3.8) is 0 Å². The number of nitrogens with two attached hydrogens (primary N) is 1. The first-order valence-electron chi connectivity index (χ1n) is 6.38. The van der Waals surface area contributed by atoms with Gasteiger partial charge in [0.25, 0.3) is 0 Å². The third kappa shape index (κ3) is 3.35. The Hall–Kier alpha value is -1.03. The molecule has 2 nitrogen and oxygen atoms in total. The molecule has 2 aromatic carbocycles. The highest BCUT2D eigenvalue weighted by Gasteiger charge is 2.09. The maximum absolute atomic E-state index is 6.16. The Morgan fingerprint density at radius 1 is 1.15 bits per heavy atom. The molecule has 2 N–H and O–H groups in total. The van der Waals surface area contributed by atoms with Gasteiger partial charge in [0.2, 0.25) is 0 Å². The summed E-state index contributed by atoms with van der Waals surface area (Å²) in [7, 11) is 0. The highest BCUT2D eigenvalue weighted by atomic mass is 79.9. The van der Waals surface area contributed by atoms with Gasteiger partial charge in [0, 0.05) is 11.1 Å². The van der Waals surface area contributed by atoms with E-state index in [1.54, 1.807) is 0 Å². The van der Waals surface area contributed by atoms with Crippen molar-refractivity contribution < 1.29 is 4.74 Å². The van der Waals surface area contributed by atoms with Gasteiger partial charge in [-0.2, -0.15) is 0 Å². The number of halogens is 2. The molecule has 106 valence electrons. The standard InChI is InChI=1S/C16H17BrClNO/c1-9-6-13(7-10(2)16(9)18)20-15-5-4-12(11(3)19)8-14(15)17/h4-8,11H,19H2,1-3H3/t11-/m0/s1. The molecule has 4 heteroatoms. The molecule has 2 rings (SSSR count). The van der Waals surface area contributed by atoms with Crippen LogP contribution in [-0.4, -0.2) is 0 Å². The van der Waals surface area contributed by atoms with E-state index in [1.807, 2.05) is 51.1 Å². The second-order valence-electron chi connectivity index (χ2n) is 4.95. The normalized spacial score (nSPS) is 12.3. The SMILES string of the molecule is Cc1cc(Oc2ccc([C@H](C)N)cc2Br)cc(C)c1Cl. The largest absolute Gasteiger partial charge is 0.456 e. The van der Waals surface area contributed by atoms with Crippen molar-refractivity contribution >= 4 is 27.5 Å². The van der Waals surface area contributed by atoms with Crippen LogP contribution in [0, 0.1) is 13.8 Å². The van der Waals surface area contributed by atoms with Crippen LogP contribution in [0.2, 0.25) is 5.02 Å². The Labute approximate surface area is 133 Å². The van der Waals surface area contributed by atoms with E-state index < -0.39 is 0 Å². The van der Waals surface area contributed by atoms with Gasteiger partial charge in [0.05, 0.1) is 4.47 Å². The highest BCUT2D eigenvalue weighted by molar-refractivity contribution is 9.10. The predicted octanol–water partition coefficient (Wildman–Crippen LogP) is 5.53. The number of hydrogen-bond donors (Lipinski definition) is 1. The molecule has 0 aromatic heterocycles. The number of aryl methyl sites for hydroxylation is 2. The van der Waals surface area contributed by atoms with Gasteiger partial charge in [-0.15, -0.1) is 0 Å². The van der Waals surface area contributed by atoms with Crippen molar-refractivity contribution in [2.45, 2.75) is 26.8 Å². The van der Waals surface area contributed by atoms with Crippen molar-refractivity contribution in [2.75, 3.05) is 0 Å². The summed E-state index contributed by atoms with van der Waals surface area (Å²) in [5.41, 5.74) is 8.94. The van der Waals surface area contributed by atoms with Gasteiger partial charge in [-0.25, -0.2) is 0 Å². The van der Waals surface area contributed by atoms with Gasteiger partial charge >= 0.3 is 0 Å². The molecule has 0 fully saturated rings. The molecule has 0 aliphatic heterocycles. The predicted molar refractivity (Wildman–Crippen MR) is 87.7 cm³/mol. The first-order chi connectivity index (χ1) is 9.38. The molecule has 0 unspecified atom stereocenters. The van der Waals surface area contributed by atoms with E-state index in [0.29, 0.717) is 0 Å². The minimum Gasteiger partial charge on any atom is -0.456 e. The molecular weight excluding hydrogens is 338 g/mol. The molecule has 0 aliphatic rings. The van der Waals surface area contributed by atoms with Crippen molar-refractivity contribution in [2.24, 2.45) is 5.73 Å².